The SMILES string of the molecule is C[C@@](Cc1ccc(O)c(OCc2ccccc2)c1)(NNC(=O)CCC(=O)OCc1ccccc1)C(=O)OCc1ccccc1. The van der Waals surface area contributed by atoms with Crippen LogP contribution in [0.4, 0.5) is 0 Å². The summed E-state index contributed by atoms with van der Waals surface area (Å²) in [5.74, 6) is -1.41. The van der Waals surface area contributed by atoms with Gasteiger partial charge in [0.2, 0.25) is 5.91 Å². The maximum atomic E-state index is 13.4. The fraction of sp³-hybridized carbons (Fsp3) is 0.229. The van der Waals surface area contributed by atoms with E-state index in [1.165, 1.54) is 6.07 Å². The second-order valence-electron chi connectivity index (χ2n) is 10.5. The highest BCUT2D eigenvalue weighted by molar-refractivity contribution is 5.83. The third-order valence-electron chi connectivity index (χ3n) is 6.76. The molecule has 0 unspecified atom stereocenters. The van der Waals surface area contributed by atoms with E-state index in [1.54, 1.807) is 19.1 Å². The van der Waals surface area contributed by atoms with Gasteiger partial charge in [-0.3, -0.25) is 15.0 Å². The van der Waals surface area contributed by atoms with Crippen LogP contribution in [0.3, 0.4) is 0 Å². The molecule has 0 spiro atoms. The van der Waals surface area contributed by atoms with Crippen LogP contribution in [0.15, 0.2) is 109 Å². The lowest BCUT2D eigenvalue weighted by atomic mass is 9.93. The summed E-state index contributed by atoms with van der Waals surface area (Å²) in [4.78, 5) is 38.2. The molecule has 4 aromatic carbocycles. The van der Waals surface area contributed by atoms with E-state index in [1.807, 2.05) is 91.0 Å². The lowest BCUT2D eigenvalue weighted by Gasteiger charge is -2.29. The van der Waals surface area contributed by atoms with Crippen LogP contribution in [-0.4, -0.2) is 28.5 Å². The summed E-state index contributed by atoms with van der Waals surface area (Å²) in [6.07, 6.45) is -0.190. The molecule has 0 aliphatic carbocycles. The quantitative estimate of drug-likeness (QED) is 0.127. The number of phenols is 1. The summed E-state index contributed by atoms with van der Waals surface area (Å²) in [7, 11) is 0. The molecule has 0 fully saturated rings. The highest BCUT2D eigenvalue weighted by Gasteiger charge is 2.36. The summed E-state index contributed by atoms with van der Waals surface area (Å²) in [5.41, 5.74) is 7.19. The monoisotopic (exact) mass is 596 g/mol. The van der Waals surface area contributed by atoms with Crippen molar-refractivity contribution < 1.29 is 33.7 Å². The molecule has 0 heterocycles. The van der Waals surface area contributed by atoms with E-state index in [0.717, 1.165) is 16.7 Å². The van der Waals surface area contributed by atoms with Gasteiger partial charge in [-0.25, -0.2) is 10.2 Å². The Morgan fingerprint density at radius 1 is 0.682 bits per heavy atom. The van der Waals surface area contributed by atoms with Crippen LogP contribution in [0.5, 0.6) is 11.5 Å². The lowest BCUT2D eigenvalue weighted by molar-refractivity contribution is -0.153. The Morgan fingerprint density at radius 3 is 1.82 bits per heavy atom. The van der Waals surface area contributed by atoms with Gasteiger partial charge in [-0.05, 0) is 41.3 Å². The van der Waals surface area contributed by atoms with Crippen LogP contribution in [-0.2, 0) is 50.1 Å². The van der Waals surface area contributed by atoms with Crippen molar-refractivity contribution >= 4 is 17.8 Å². The third kappa shape index (κ3) is 9.99. The van der Waals surface area contributed by atoms with Gasteiger partial charge in [0.1, 0.15) is 25.4 Å². The number of hydrogen-bond acceptors (Lipinski definition) is 8. The fourth-order valence-electron chi connectivity index (χ4n) is 4.27. The molecule has 1 amide bonds. The van der Waals surface area contributed by atoms with E-state index in [-0.39, 0.29) is 50.6 Å². The van der Waals surface area contributed by atoms with Crippen molar-refractivity contribution in [1.29, 1.82) is 0 Å². The fourth-order valence-corrected chi connectivity index (χ4v) is 4.27. The van der Waals surface area contributed by atoms with E-state index >= 15 is 0 Å². The predicted octanol–water partition coefficient (Wildman–Crippen LogP) is 5.16. The van der Waals surface area contributed by atoms with Crippen LogP contribution < -0.4 is 15.6 Å². The first-order valence-electron chi connectivity index (χ1n) is 14.3. The van der Waals surface area contributed by atoms with Crippen molar-refractivity contribution in [3.63, 3.8) is 0 Å². The Hall–Kier alpha value is -5.15. The minimum absolute atomic E-state index is 0.0408. The molecule has 3 N–H and O–H groups in total. The molecule has 228 valence electrons. The summed E-state index contributed by atoms with van der Waals surface area (Å²) >= 11 is 0. The van der Waals surface area contributed by atoms with E-state index in [9.17, 15) is 19.5 Å². The maximum Gasteiger partial charge on any atom is 0.328 e. The number of amides is 1. The van der Waals surface area contributed by atoms with Crippen LogP contribution in [0.2, 0.25) is 0 Å². The van der Waals surface area contributed by atoms with Gasteiger partial charge in [0, 0.05) is 12.8 Å². The van der Waals surface area contributed by atoms with Gasteiger partial charge in [-0.1, -0.05) is 97.1 Å². The van der Waals surface area contributed by atoms with Gasteiger partial charge in [-0.2, -0.15) is 0 Å². The highest BCUT2D eigenvalue weighted by Crippen LogP contribution is 2.29. The molecule has 0 radical (unpaired) electrons. The Labute approximate surface area is 256 Å². The molecule has 0 bridgehead atoms. The third-order valence-corrected chi connectivity index (χ3v) is 6.76. The number of benzene rings is 4. The zero-order valence-electron chi connectivity index (χ0n) is 24.5. The molecule has 0 aliphatic rings. The number of hydrazine groups is 1. The molecule has 4 rings (SSSR count). The Balaban J connectivity index is 1.38. The minimum Gasteiger partial charge on any atom is -0.504 e. The van der Waals surface area contributed by atoms with Crippen molar-refractivity contribution in [2.75, 3.05) is 0 Å². The van der Waals surface area contributed by atoms with Crippen molar-refractivity contribution in [2.24, 2.45) is 0 Å². The minimum atomic E-state index is -1.41. The number of aromatic hydroxyl groups is 1. The summed E-state index contributed by atoms with van der Waals surface area (Å²) in [6, 6.07) is 32.8. The van der Waals surface area contributed by atoms with Gasteiger partial charge >= 0.3 is 11.9 Å². The Kier molecular flexibility index (Phi) is 11.5. The van der Waals surface area contributed by atoms with Crippen molar-refractivity contribution in [3.8, 4) is 11.5 Å². The number of hydrogen-bond donors (Lipinski definition) is 3. The number of rotatable bonds is 15. The molecule has 0 saturated heterocycles. The Bertz CT molecular complexity index is 1510. The summed E-state index contributed by atoms with van der Waals surface area (Å²) in [5, 5.41) is 10.4. The topological polar surface area (TPSA) is 123 Å². The molecule has 0 aliphatic heterocycles. The lowest BCUT2D eigenvalue weighted by Crippen LogP contribution is -2.59. The number of esters is 2. The molecule has 4 aromatic rings. The molecule has 1 atom stereocenters. The molecular formula is C35H36N2O7. The van der Waals surface area contributed by atoms with Gasteiger partial charge in [-0.15, -0.1) is 0 Å². The van der Waals surface area contributed by atoms with E-state index < -0.39 is 23.4 Å². The maximum absolute atomic E-state index is 13.4. The van der Waals surface area contributed by atoms with Gasteiger partial charge in [0.25, 0.3) is 0 Å². The average Bonchev–Trinajstić information content (AvgIpc) is 3.06. The molecule has 9 heteroatoms. The number of nitrogens with one attached hydrogen (secondary N) is 2. The van der Waals surface area contributed by atoms with E-state index in [0.29, 0.717) is 5.56 Å². The van der Waals surface area contributed by atoms with Gasteiger partial charge in [0.15, 0.2) is 11.5 Å². The number of carbonyl (C=O) groups is 3. The zero-order chi connectivity index (χ0) is 31.2. The first-order valence-corrected chi connectivity index (χ1v) is 14.3. The van der Waals surface area contributed by atoms with Crippen LogP contribution in [0.1, 0.15) is 42.0 Å². The Morgan fingerprint density at radius 2 is 1.23 bits per heavy atom. The summed E-state index contributed by atoms with van der Waals surface area (Å²) in [6.45, 7) is 2.01. The summed E-state index contributed by atoms with van der Waals surface area (Å²) < 4.78 is 16.7. The van der Waals surface area contributed by atoms with E-state index in [4.69, 9.17) is 14.2 Å². The largest absolute Gasteiger partial charge is 0.504 e. The van der Waals surface area contributed by atoms with Crippen LogP contribution >= 0.6 is 0 Å². The smallest absolute Gasteiger partial charge is 0.328 e. The first-order chi connectivity index (χ1) is 21.3. The first kappa shape index (κ1) is 31.8. The van der Waals surface area contributed by atoms with Crippen molar-refractivity contribution in [3.05, 3.63) is 131 Å². The predicted molar refractivity (Wildman–Crippen MR) is 164 cm³/mol. The molecule has 0 aromatic heterocycles. The molecule has 9 nitrogen and oxygen atoms in total. The van der Waals surface area contributed by atoms with Crippen molar-refractivity contribution in [1.82, 2.24) is 10.9 Å². The molecule has 0 saturated carbocycles. The normalized spacial score (nSPS) is 12.0. The van der Waals surface area contributed by atoms with E-state index in [2.05, 4.69) is 10.9 Å². The standard InChI is InChI=1S/C35H36N2O7/c1-35(34(41)44-25-28-15-9-4-10-16-28,37-36-32(39)19-20-33(40)43-24-27-13-7-3-8-14-27)22-29-17-18-30(38)31(21-29)42-23-26-11-5-2-6-12-26/h2-18,21,37-38H,19-20,22-25H2,1H3,(H,36,39)/t35-/m0/s1. The average molecular weight is 597 g/mol. The second kappa shape index (κ2) is 15.9. The van der Waals surface area contributed by atoms with Gasteiger partial charge in [0.05, 0.1) is 6.42 Å². The molecule has 44 heavy (non-hydrogen) atoms. The second-order valence-corrected chi connectivity index (χ2v) is 10.5. The van der Waals surface area contributed by atoms with Crippen LogP contribution in [0, 0.1) is 0 Å². The van der Waals surface area contributed by atoms with Crippen LogP contribution in [0.25, 0.3) is 0 Å². The number of phenolic OH excluding ortho intramolecular Hbond substituents is 1. The number of ether oxygens (including phenoxy) is 3. The highest BCUT2D eigenvalue weighted by atomic mass is 16.5. The zero-order valence-corrected chi connectivity index (χ0v) is 24.5. The number of carbonyl (C=O) groups excluding carboxylic acids is 3. The van der Waals surface area contributed by atoms with Crippen molar-refractivity contribution in [2.45, 2.75) is 51.5 Å². The van der Waals surface area contributed by atoms with Gasteiger partial charge < -0.3 is 19.3 Å². The molecular weight excluding hydrogens is 560 g/mol.